The molecule has 22 heavy (non-hydrogen) atoms. The third kappa shape index (κ3) is 4.45. The molecule has 1 heterocycles. The van der Waals surface area contributed by atoms with E-state index in [2.05, 4.69) is 40.1 Å². The van der Waals surface area contributed by atoms with Crippen molar-refractivity contribution in [1.82, 2.24) is 4.90 Å². The first-order valence-electron chi connectivity index (χ1n) is 8.63. The number of anilines is 1. The highest BCUT2D eigenvalue weighted by Crippen LogP contribution is 2.21. The van der Waals surface area contributed by atoms with Gasteiger partial charge in [-0.1, -0.05) is 31.0 Å². The molecule has 0 aromatic heterocycles. The summed E-state index contributed by atoms with van der Waals surface area (Å²) in [5.74, 6) is 0. The van der Waals surface area contributed by atoms with Crippen molar-refractivity contribution in [2.75, 3.05) is 44.2 Å². The molecule has 4 nitrogen and oxygen atoms in total. The van der Waals surface area contributed by atoms with Crippen LogP contribution in [-0.2, 0) is 4.74 Å². The van der Waals surface area contributed by atoms with Crippen molar-refractivity contribution in [3.63, 3.8) is 0 Å². The van der Waals surface area contributed by atoms with Crippen LogP contribution in [0.25, 0.3) is 0 Å². The zero-order valence-electron chi connectivity index (χ0n) is 13.4. The molecule has 122 valence electrons. The molecule has 4 heteroatoms. The van der Waals surface area contributed by atoms with Crippen molar-refractivity contribution in [3.8, 4) is 0 Å². The number of ether oxygens (including phenoxy) is 1. The minimum absolute atomic E-state index is 0.358. The first-order chi connectivity index (χ1) is 10.8. The Morgan fingerprint density at radius 1 is 1.05 bits per heavy atom. The number of piperazine rings is 1. The summed E-state index contributed by atoms with van der Waals surface area (Å²) < 4.78 is 5.81. The molecule has 1 aromatic rings. The van der Waals surface area contributed by atoms with Crippen LogP contribution < -0.4 is 4.90 Å². The second-order valence-corrected chi connectivity index (χ2v) is 6.52. The molecule has 0 bridgehead atoms. The number of aliphatic hydroxyl groups is 1. The number of nitrogens with zero attached hydrogens (tertiary/aromatic N) is 2. The molecule has 0 amide bonds. The molecule has 0 spiro atoms. The third-order valence-electron chi connectivity index (χ3n) is 4.79. The lowest BCUT2D eigenvalue weighted by Gasteiger charge is -2.37. The molecule has 0 radical (unpaired) electrons. The van der Waals surface area contributed by atoms with Gasteiger partial charge in [0, 0.05) is 38.4 Å². The molecule has 1 saturated heterocycles. The molecule has 1 atom stereocenters. The maximum atomic E-state index is 10.2. The van der Waals surface area contributed by atoms with E-state index < -0.39 is 0 Å². The van der Waals surface area contributed by atoms with Crippen molar-refractivity contribution >= 4 is 5.69 Å². The number of aliphatic hydroxyl groups excluding tert-OH is 1. The van der Waals surface area contributed by atoms with Gasteiger partial charge in [0.2, 0.25) is 0 Å². The van der Waals surface area contributed by atoms with Crippen molar-refractivity contribution in [3.05, 3.63) is 30.3 Å². The minimum atomic E-state index is -0.358. The van der Waals surface area contributed by atoms with Gasteiger partial charge in [0.1, 0.15) is 0 Å². The average Bonchev–Trinajstić information content (AvgIpc) is 3.08. The summed E-state index contributed by atoms with van der Waals surface area (Å²) in [5.41, 5.74) is 1.30. The van der Waals surface area contributed by atoms with E-state index in [-0.39, 0.29) is 6.10 Å². The Balaban J connectivity index is 1.36. The highest BCUT2D eigenvalue weighted by molar-refractivity contribution is 5.46. The number of hydrogen-bond donors (Lipinski definition) is 1. The molecule has 1 N–H and O–H groups in total. The van der Waals surface area contributed by atoms with Crippen LogP contribution in [0.1, 0.15) is 25.7 Å². The van der Waals surface area contributed by atoms with Crippen molar-refractivity contribution in [2.45, 2.75) is 37.9 Å². The molecular formula is C18H28N2O2. The van der Waals surface area contributed by atoms with Gasteiger partial charge in [-0.3, -0.25) is 4.90 Å². The van der Waals surface area contributed by atoms with Crippen LogP contribution >= 0.6 is 0 Å². The maximum Gasteiger partial charge on any atom is 0.0900 e. The van der Waals surface area contributed by atoms with E-state index in [9.17, 15) is 5.11 Å². The van der Waals surface area contributed by atoms with Gasteiger partial charge in [-0.25, -0.2) is 0 Å². The summed E-state index contributed by atoms with van der Waals surface area (Å²) in [4.78, 5) is 4.76. The van der Waals surface area contributed by atoms with E-state index in [0.29, 0.717) is 12.7 Å². The molecule has 1 saturated carbocycles. The van der Waals surface area contributed by atoms with E-state index in [1.54, 1.807) is 0 Å². The largest absolute Gasteiger partial charge is 0.389 e. The predicted molar refractivity (Wildman–Crippen MR) is 89.3 cm³/mol. The van der Waals surface area contributed by atoms with E-state index in [4.69, 9.17) is 4.74 Å². The van der Waals surface area contributed by atoms with Gasteiger partial charge in [0.05, 0.1) is 18.8 Å². The van der Waals surface area contributed by atoms with Gasteiger partial charge in [0.25, 0.3) is 0 Å². The SMILES string of the molecule is O[C@@H](COC1CCCC1)CN1CCN(c2ccccc2)CC1. The highest BCUT2D eigenvalue weighted by Gasteiger charge is 2.21. The van der Waals surface area contributed by atoms with E-state index in [0.717, 1.165) is 32.7 Å². The highest BCUT2D eigenvalue weighted by atomic mass is 16.5. The molecule has 1 aliphatic heterocycles. The van der Waals surface area contributed by atoms with E-state index >= 15 is 0 Å². The van der Waals surface area contributed by atoms with Crippen molar-refractivity contribution in [2.24, 2.45) is 0 Å². The predicted octanol–water partition coefficient (Wildman–Crippen LogP) is 2.13. The number of rotatable bonds is 6. The number of β-amino-alcohol motifs (C(OH)–C–C–N with tert-alkyl or cyclic N) is 1. The summed E-state index contributed by atoms with van der Waals surface area (Å²) in [6.07, 6.45) is 4.93. The lowest BCUT2D eigenvalue weighted by molar-refractivity contribution is -0.0188. The summed E-state index contributed by atoms with van der Waals surface area (Å²) in [5, 5.41) is 10.2. The molecule has 1 aliphatic carbocycles. The fraction of sp³-hybridized carbons (Fsp3) is 0.667. The van der Waals surface area contributed by atoms with Gasteiger partial charge < -0.3 is 14.7 Å². The van der Waals surface area contributed by atoms with Crippen LogP contribution in [0.3, 0.4) is 0 Å². The first-order valence-corrected chi connectivity index (χ1v) is 8.63. The maximum absolute atomic E-state index is 10.2. The van der Waals surface area contributed by atoms with Crippen LogP contribution in [-0.4, -0.2) is 61.5 Å². The van der Waals surface area contributed by atoms with Gasteiger partial charge in [-0.2, -0.15) is 0 Å². The molecule has 3 rings (SSSR count). The Morgan fingerprint density at radius 2 is 1.73 bits per heavy atom. The quantitative estimate of drug-likeness (QED) is 0.873. The van der Waals surface area contributed by atoms with Crippen LogP contribution in [0.2, 0.25) is 0 Å². The van der Waals surface area contributed by atoms with Crippen LogP contribution in [0.15, 0.2) is 30.3 Å². The van der Waals surface area contributed by atoms with Crippen LogP contribution in [0, 0.1) is 0 Å². The Morgan fingerprint density at radius 3 is 2.41 bits per heavy atom. The van der Waals surface area contributed by atoms with Gasteiger partial charge >= 0.3 is 0 Å². The Hall–Kier alpha value is -1.10. The Labute approximate surface area is 133 Å². The third-order valence-corrected chi connectivity index (χ3v) is 4.79. The molecule has 1 aromatic carbocycles. The lowest BCUT2D eigenvalue weighted by Crippen LogP contribution is -2.49. The topological polar surface area (TPSA) is 35.9 Å². The lowest BCUT2D eigenvalue weighted by atomic mass is 10.2. The van der Waals surface area contributed by atoms with Gasteiger partial charge in [0.15, 0.2) is 0 Å². The van der Waals surface area contributed by atoms with Crippen molar-refractivity contribution in [1.29, 1.82) is 0 Å². The van der Waals surface area contributed by atoms with E-state index in [1.807, 2.05) is 0 Å². The zero-order valence-corrected chi connectivity index (χ0v) is 13.4. The molecular weight excluding hydrogens is 276 g/mol. The monoisotopic (exact) mass is 304 g/mol. The van der Waals surface area contributed by atoms with E-state index in [1.165, 1.54) is 31.4 Å². The molecule has 0 unspecified atom stereocenters. The summed E-state index contributed by atoms with van der Waals surface area (Å²) in [6.45, 7) is 5.30. The smallest absolute Gasteiger partial charge is 0.0900 e. The summed E-state index contributed by atoms with van der Waals surface area (Å²) in [6, 6.07) is 10.6. The van der Waals surface area contributed by atoms with Crippen LogP contribution in [0.5, 0.6) is 0 Å². The second kappa shape index (κ2) is 7.95. The zero-order chi connectivity index (χ0) is 15.2. The summed E-state index contributed by atoms with van der Waals surface area (Å²) >= 11 is 0. The van der Waals surface area contributed by atoms with Crippen molar-refractivity contribution < 1.29 is 9.84 Å². The normalized spacial score (nSPS) is 22.1. The minimum Gasteiger partial charge on any atom is -0.389 e. The molecule has 2 fully saturated rings. The fourth-order valence-electron chi connectivity index (χ4n) is 3.48. The number of hydrogen-bond acceptors (Lipinski definition) is 4. The average molecular weight is 304 g/mol. The Kier molecular flexibility index (Phi) is 5.70. The van der Waals surface area contributed by atoms with Gasteiger partial charge in [-0.05, 0) is 25.0 Å². The molecule has 2 aliphatic rings. The Bertz CT molecular complexity index is 426. The van der Waals surface area contributed by atoms with Gasteiger partial charge in [-0.15, -0.1) is 0 Å². The number of benzene rings is 1. The first kappa shape index (κ1) is 15.8. The second-order valence-electron chi connectivity index (χ2n) is 6.52. The fourth-order valence-corrected chi connectivity index (χ4v) is 3.48. The summed E-state index contributed by atoms with van der Waals surface area (Å²) in [7, 11) is 0. The van der Waals surface area contributed by atoms with Crippen LogP contribution in [0.4, 0.5) is 5.69 Å². The standard InChI is InChI=1S/C18H28N2O2/c21-17(15-22-18-8-4-5-9-18)14-19-10-12-20(13-11-19)16-6-2-1-3-7-16/h1-3,6-7,17-18,21H,4-5,8-15H2/t17-/m1/s1. The number of para-hydroxylation sites is 1.